The SMILES string of the molecule is CNCC(COC)N1CCCC(C(F)(F)F)C1. The normalized spacial score (nSPS) is 24.9. The standard InChI is InChI=1S/C11H21F3N2O/c1-15-6-10(8-17-2)16-5-3-4-9(7-16)11(12,13)14/h9-10,15H,3-8H2,1-2H3. The summed E-state index contributed by atoms with van der Waals surface area (Å²) in [5.41, 5.74) is 0. The quantitative estimate of drug-likeness (QED) is 0.804. The van der Waals surface area contributed by atoms with Crippen LogP contribution < -0.4 is 5.32 Å². The van der Waals surface area contributed by atoms with Crippen LogP contribution in [0.4, 0.5) is 13.2 Å². The summed E-state index contributed by atoms with van der Waals surface area (Å²) >= 11 is 0. The van der Waals surface area contributed by atoms with E-state index in [1.54, 1.807) is 14.2 Å². The number of piperidine rings is 1. The number of alkyl halides is 3. The molecule has 1 aliphatic heterocycles. The molecule has 102 valence electrons. The summed E-state index contributed by atoms with van der Waals surface area (Å²) in [7, 11) is 3.38. The Bertz CT molecular complexity index is 217. The lowest BCUT2D eigenvalue weighted by Gasteiger charge is -2.38. The van der Waals surface area contributed by atoms with Crippen LogP contribution in [0.2, 0.25) is 0 Å². The van der Waals surface area contributed by atoms with E-state index in [1.165, 1.54) is 0 Å². The molecule has 2 unspecified atom stereocenters. The van der Waals surface area contributed by atoms with Gasteiger partial charge in [-0.3, -0.25) is 4.90 Å². The highest BCUT2D eigenvalue weighted by molar-refractivity contribution is 4.83. The Labute approximate surface area is 100 Å². The summed E-state index contributed by atoms with van der Waals surface area (Å²) in [6.45, 7) is 1.94. The molecule has 6 heteroatoms. The van der Waals surface area contributed by atoms with E-state index in [2.05, 4.69) is 5.32 Å². The van der Waals surface area contributed by atoms with Crippen LogP contribution >= 0.6 is 0 Å². The van der Waals surface area contributed by atoms with Crippen molar-refractivity contribution in [3.63, 3.8) is 0 Å². The minimum Gasteiger partial charge on any atom is -0.383 e. The molecule has 1 heterocycles. The van der Waals surface area contributed by atoms with Gasteiger partial charge in [0.25, 0.3) is 0 Å². The van der Waals surface area contributed by atoms with Crippen LogP contribution in [0.5, 0.6) is 0 Å². The second kappa shape index (κ2) is 6.56. The maximum absolute atomic E-state index is 12.7. The number of methoxy groups -OCH3 is 1. The highest BCUT2D eigenvalue weighted by Gasteiger charge is 2.42. The summed E-state index contributed by atoms with van der Waals surface area (Å²) in [6.07, 6.45) is -3.22. The topological polar surface area (TPSA) is 24.5 Å². The van der Waals surface area contributed by atoms with Gasteiger partial charge >= 0.3 is 6.18 Å². The van der Waals surface area contributed by atoms with Crippen molar-refractivity contribution in [3.05, 3.63) is 0 Å². The molecule has 3 nitrogen and oxygen atoms in total. The number of halogens is 3. The zero-order chi connectivity index (χ0) is 12.9. The molecule has 1 aliphatic rings. The lowest BCUT2D eigenvalue weighted by Crippen LogP contribution is -2.51. The van der Waals surface area contributed by atoms with Crippen molar-refractivity contribution >= 4 is 0 Å². The van der Waals surface area contributed by atoms with Crippen molar-refractivity contribution in [1.29, 1.82) is 0 Å². The number of nitrogens with zero attached hydrogens (tertiary/aromatic N) is 1. The van der Waals surface area contributed by atoms with Crippen LogP contribution in [-0.4, -0.2) is 57.5 Å². The van der Waals surface area contributed by atoms with Crippen LogP contribution in [0.1, 0.15) is 12.8 Å². The molecule has 0 bridgehead atoms. The molecule has 0 spiro atoms. The third-order valence-corrected chi connectivity index (χ3v) is 3.23. The highest BCUT2D eigenvalue weighted by Crippen LogP contribution is 2.33. The Morgan fingerprint density at radius 2 is 2.18 bits per heavy atom. The molecule has 0 aromatic heterocycles. The number of likely N-dealkylation sites (N-methyl/N-ethyl adjacent to an activating group) is 1. The Balaban J connectivity index is 2.57. The lowest BCUT2D eigenvalue weighted by atomic mass is 9.96. The van der Waals surface area contributed by atoms with Crippen LogP contribution in [0, 0.1) is 5.92 Å². The summed E-state index contributed by atoms with van der Waals surface area (Å²) in [5.74, 6) is -1.19. The van der Waals surface area contributed by atoms with Gasteiger partial charge in [-0.05, 0) is 26.4 Å². The molecule has 1 fully saturated rings. The maximum Gasteiger partial charge on any atom is 0.393 e. The average molecular weight is 254 g/mol. The maximum atomic E-state index is 12.7. The van der Waals surface area contributed by atoms with Gasteiger partial charge in [-0.2, -0.15) is 13.2 Å². The van der Waals surface area contributed by atoms with Crippen LogP contribution in [0.15, 0.2) is 0 Å². The first-order valence-electron chi connectivity index (χ1n) is 5.93. The van der Waals surface area contributed by atoms with Crippen LogP contribution in [0.25, 0.3) is 0 Å². The number of hydrogen-bond donors (Lipinski definition) is 1. The highest BCUT2D eigenvalue weighted by atomic mass is 19.4. The van der Waals surface area contributed by atoms with E-state index in [4.69, 9.17) is 4.74 Å². The summed E-state index contributed by atoms with van der Waals surface area (Å²) in [4.78, 5) is 1.89. The summed E-state index contributed by atoms with van der Waals surface area (Å²) in [6, 6.07) is 0.0233. The van der Waals surface area contributed by atoms with Gasteiger partial charge in [-0.1, -0.05) is 0 Å². The van der Waals surface area contributed by atoms with E-state index in [9.17, 15) is 13.2 Å². The number of ether oxygens (including phenoxy) is 1. The van der Waals surface area contributed by atoms with Gasteiger partial charge in [-0.25, -0.2) is 0 Å². The first kappa shape index (κ1) is 14.7. The van der Waals surface area contributed by atoms with Crippen molar-refractivity contribution in [2.45, 2.75) is 25.1 Å². The zero-order valence-electron chi connectivity index (χ0n) is 10.4. The molecule has 0 amide bonds. The molecule has 1 saturated heterocycles. The lowest BCUT2D eigenvalue weighted by molar-refractivity contribution is -0.189. The average Bonchev–Trinajstić information content (AvgIpc) is 2.28. The van der Waals surface area contributed by atoms with E-state index >= 15 is 0 Å². The fourth-order valence-electron chi connectivity index (χ4n) is 2.33. The van der Waals surface area contributed by atoms with Crippen molar-refractivity contribution in [2.75, 3.05) is 40.4 Å². The smallest absolute Gasteiger partial charge is 0.383 e. The summed E-state index contributed by atoms with van der Waals surface area (Å²) in [5, 5.41) is 3.00. The molecule has 2 atom stereocenters. The minimum atomic E-state index is -4.07. The second-order valence-electron chi connectivity index (χ2n) is 4.54. The zero-order valence-corrected chi connectivity index (χ0v) is 10.4. The molecule has 0 aliphatic carbocycles. The van der Waals surface area contributed by atoms with Crippen molar-refractivity contribution in [1.82, 2.24) is 10.2 Å². The van der Waals surface area contributed by atoms with Gasteiger partial charge in [0.2, 0.25) is 0 Å². The Morgan fingerprint density at radius 3 is 2.71 bits per heavy atom. The third-order valence-electron chi connectivity index (χ3n) is 3.23. The number of likely N-dealkylation sites (tertiary alicyclic amines) is 1. The first-order chi connectivity index (χ1) is 7.99. The van der Waals surface area contributed by atoms with Gasteiger partial charge in [-0.15, -0.1) is 0 Å². The van der Waals surface area contributed by atoms with Crippen LogP contribution in [0.3, 0.4) is 0 Å². The van der Waals surface area contributed by atoms with Gasteiger partial charge in [0.15, 0.2) is 0 Å². The number of rotatable bonds is 5. The molecule has 0 saturated carbocycles. The predicted molar refractivity (Wildman–Crippen MR) is 59.9 cm³/mol. The minimum absolute atomic E-state index is 0.0233. The van der Waals surface area contributed by atoms with Gasteiger partial charge < -0.3 is 10.1 Å². The molecular formula is C11H21F3N2O. The third kappa shape index (κ3) is 4.44. The first-order valence-corrected chi connectivity index (χ1v) is 5.93. The van der Waals surface area contributed by atoms with E-state index in [0.29, 0.717) is 19.6 Å². The molecule has 1 N–H and O–H groups in total. The fourth-order valence-corrected chi connectivity index (χ4v) is 2.33. The molecule has 17 heavy (non-hydrogen) atoms. The Morgan fingerprint density at radius 1 is 1.47 bits per heavy atom. The monoisotopic (exact) mass is 254 g/mol. The van der Waals surface area contributed by atoms with Gasteiger partial charge in [0.05, 0.1) is 12.5 Å². The predicted octanol–water partition coefficient (Wildman–Crippen LogP) is 1.50. The van der Waals surface area contributed by atoms with E-state index in [0.717, 1.165) is 6.54 Å². The van der Waals surface area contributed by atoms with Crippen molar-refractivity contribution < 1.29 is 17.9 Å². The Kier molecular flexibility index (Phi) is 5.69. The van der Waals surface area contributed by atoms with E-state index in [-0.39, 0.29) is 19.0 Å². The molecule has 1 rings (SSSR count). The van der Waals surface area contributed by atoms with Gasteiger partial charge in [0.1, 0.15) is 0 Å². The van der Waals surface area contributed by atoms with Crippen molar-refractivity contribution in [2.24, 2.45) is 5.92 Å². The fraction of sp³-hybridized carbons (Fsp3) is 1.00. The van der Waals surface area contributed by atoms with E-state index in [1.807, 2.05) is 4.90 Å². The second-order valence-corrected chi connectivity index (χ2v) is 4.54. The Hall–Kier alpha value is -0.330. The largest absolute Gasteiger partial charge is 0.393 e. The number of hydrogen-bond acceptors (Lipinski definition) is 3. The molecule has 0 radical (unpaired) electrons. The molecule has 0 aromatic rings. The van der Waals surface area contributed by atoms with E-state index < -0.39 is 12.1 Å². The van der Waals surface area contributed by atoms with Crippen molar-refractivity contribution in [3.8, 4) is 0 Å². The van der Waals surface area contributed by atoms with Gasteiger partial charge in [0, 0.05) is 26.2 Å². The number of nitrogens with one attached hydrogen (secondary N) is 1. The molecule has 0 aromatic carbocycles. The van der Waals surface area contributed by atoms with Crippen LogP contribution in [-0.2, 0) is 4.74 Å². The summed E-state index contributed by atoms with van der Waals surface area (Å²) < 4.78 is 43.1. The molecular weight excluding hydrogens is 233 g/mol.